The van der Waals surface area contributed by atoms with Crippen LogP contribution >= 0.6 is 0 Å². The molecule has 0 saturated heterocycles. The first-order chi connectivity index (χ1) is 8.04. The molecule has 0 bridgehead atoms. The summed E-state index contributed by atoms with van der Waals surface area (Å²) >= 11 is 0. The Labute approximate surface area is 108 Å². The molecule has 2 atom stereocenters. The molecule has 1 aliphatic carbocycles. The molecule has 0 heterocycles. The minimum absolute atomic E-state index is 0.299. The van der Waals surface area contributed by atoms with Crippen LogP contribution < -0.4 is 5.73 Å². The van der Waals surface area contributed by atoms with Gasteiger partial charge in [-0.1, -0.05) is 40.0 Å². The SMILES string of the molecule is CCC1CCCC(CN)(N(C)CCC(C)C)C1. The van der Waals surface area contributed by atoms with Gasteiger partial charge >= 0.3 is 0 Å². The Balaban J connectivity index is 2.59. The first kappa shape index (κ1) is 15.0. The van der Waals surface area contributed by atoms with Crippen molar-refractivity contribution >= 4 is 0 Å². The smallest absolute Gasteiger partial charge is 0.0331 e. The lowest BCUT2D eigenvalue weighted by molar-refractivity contribution is 0.0531. The van der Waals surface area contributed by atoms with Gasteiger partial charge in [-0.15, -0.1) is 0 Å². The lowest BCUT2D eigenvalue weighted by Gasteiger charge is -2.47. The van der Waals surface area contributed by atoms with E-state index in [1.165, 1.54) is 45.1 Å². The van der Waals surface area contributed by atoms with Crippen molar-refractivity contribution in [3.8, 4) is 0 Å². The molecular formula is C15H32N2. The summed E-state index contributed by atoms with van der Waals surface area (Å²) in [5, 5.41) is 0. The molecule has 1 saturated carbocycles. The Morgan fingerprint density at radius 3 is 2.65 bits per heavy atom. The van der Waals surface area contributed by atoms with Gasteiger partial charge in [0.15, 0.2) is 0 Å². The van der Waals surface area contributed by atoms with Crippen molar-refractivity contribution in [2.75, 3.05) is 20.1 Å². The minimum atomic E-state index is 0.299. The van der Waals surface area contributed by atoms with Crippen LogP contribution in [0.1, 0.15) is 59.3 Å². The van der Waals surface area contributed by atoms with E-state index in [1.54, 1.807) is 0 Å². The maximum absolute atomic E-state index is 6.12. The van der Waals surface area contributed by atoms with Gasteiger partial charge in [0, 0.05) is 12.1 Å². The Bertz CT molecular complexity index is 215. The van der Waals surface area contributed by atoms with Gasteiger partial charge < -0.3 is 5.73 Å². The maximum atomic E-state index is 6.12. The molecule has 1 fully saturated rings. The summed E-state index contributed by atoms with van der Waals surface area (Å²) in [4.78, 5) is 2.56. The normalized spacial score (nSPS) is 30.2. The fourth-order valence-electron chi connectivity index (χ4n) is 3.19. The highest BCUT2D eigenvalue weighted by Gasteiger charge is 2.37. The van der Waals surface area contributed by atoms with Gasteiger partial charge in [0.1, 0.15) is 0 Å². The van der Waals surface area contributed by atoms with Crippen LogP contribution in [0.4, 0.5) is 0 Å². The van der Waals surface area contributed by atoms with E-state index in [-0.39, 0.29) is 0 Å². The van der Waals surface area contributed by atoms with Crippen molar-refractivity contribution in [3.05, 3.63) is 0 Å². The van der Waals surface area contributed by atoms with Crippen molar-refractivity contribution < 1.29 is 0 Å². The van der Waals surface area contributed by atoms with E-state index in [0.717, 1.165) is 18.4 Å². The zero-order valence-electron chi connectivity index (χ0n) is 12.3. The highest BCUT2D eigenvalue weighted by molar-refractivity contribution is 4.95. The summed E-state index contributed by atoms with van der Waals surface area (Å²) in [5.41, 5.74) is 6.42. The van der Waals surface area contributed by atoms with Crippen LogP contribution in [0.2, 0.25) is 0 Å². The molecular weight excluding hydrogens is 208 g/mol. The molecule has 0 spiro atoms. The van der Waals surface area contributed by atoms with Gasteiger partial charge in [-0.25, -0.2) is 0 Å². The van der Waals surface area contributed by atoms with Crippen LogP contribution in [-0.4, -0.2) is 30.6 Å². The average molecular weight is 240 g/mol. The van der Waals surface area contributed by atoms with E-state index in [2.05, 4.69) is 32.7 Å². The number of likely N-dealkylation sites (N-methyl/N-ethyl adjacent to an activating group) is 1. The Morgan fingerprint density at radius 1 is 1.41 bits per heavy atom. The van der Waals surface area contributed by atoms with Crippen LogP contribution in [-0.2, 0) is 0 Å². The predicted octanol–water partition coefficient (Wildman–Crippen LogP) is 3.26. The second kappa shape index (κ2) is 6.75. The summed E-state index contributed by atoms with van der Waals surface area (Å²) in [7, 11) is 2.28. The highest BCUT2D eigenvalue weighted by atomic mass is 15.2. The van der Waals surface area contributed by atoms with Gasteiger partial charge in [0.05, 0.1) is 0 Å². The fraction of sp³-hybridized carbons (Fsp3) is 1.00. The summed E-state index contributed by atoms with van der Waals surface area (Å²) < 4.78 is 0. The van der Waals surface area contributed by atoms with Crippen molar-refractivity contribution in [2.45, 2.75) is 64.8 Å². The molecule has 17 heavy (non-hydrogen) atoms. The molecule has 0 aromatic heterocycles. The van der Waals surface area contributed by atoms with Crippen LogP contribution in [0.15, 0.2) is 0 Å². The third kappa shape index (κ3) is 3.96. The quantitative estimate of drug-likeness (QED) is 0.772. The molecule has 0 aromatic rings. The predicted molar refractivity (Wildman–Crippen MR) is 76.1 cm³/mol. The monoisotopic (exact) mass is 240 g/mol. The second-order valence-electron chi connectivity index (χ2n) is 6.40. The zero-order chi connectivity index (χ0) is 12.9. The van der Waals surface area contributed by atoms with E-state index in [0.29, 0.717) is 5.54 Å². The third-order valence-electron chi connectivity index (χ3n) is 4.73. The molecule has 0 aliphatic heterocycles. The molecule has 2 N–H and O–H groups in total. The summed E-state index contributed by atoms with van der Waals surface area (Å²) in [6.07, 6.45) is 8.00. The molecule has 2 nitrogen and oxygen atoms in total. The largest absolute Gasteiger partial charge is 0.329 e. The summed E-state index contributed by atoms with van der Waals surface area (Å²) in [6, 6.07) is 0. The molecule has 0 aromatic carbocycles. The molecule has 0 amide bonds. The fourth-order valence-corrected chi connectivity index (χ4v) is 3.19. The molecule has 2 heteroatoms. The average Bonchev–Trinajstić information content (AvgIpc) is 2.35. The van der Waals surface area contributed by atoms with Crippen molar-refractivity contribution in [3.63, 3.8) is 0 Å². The van der Waals surface area contributed by atoms with E-state index >= 15 is 0 Å². The highest BCUT2D eigenvalue weighted by Crippen LogP contribution is 2.37. The van der Waals surface area contributed by atoms with Crippen molar-refractivity contribution in [2.24, 2.45) is 17.6 Å². The molecule has 2 unspecified atom stereocenters. The number of nitrogens with zero attached hydrogens (tertiary/aromatic N) is 1. The Kier molecular flexibility index (Phi) is 5.94. The van der Waals surface area contributed by atoms with E-state index in [4.69, 9.17) is 5.73 Å². The molecule has 1 aliphatic rings. The Hall–Kier alpha value is -0.0800. The first-order valence-electron chi connectivity index (χ1n) is 7.45. The number of hydrogen-bond donors (Lipinski definition) is 1. The van der Waals surface area contributed by atoms with E-state index < -0.39 is 0 Å². The van der Waals surface area contributed by atoms with Gasteiger partial charge in [0.25, 0.3) is 0 Å². The topological polar surface area (TPSA) is 29.3 Å². The minimum Gasteiger partial charge on any atom is -0.329 e. The molecule has 102 valence electrons. The summed E-state index contributed by atoms with van der Waals surface area (Å²) in [5.74, 6) is 1.69. The van der Waals surface area contributed by atoms with Gasteiger partial charge in [-0.05, 0) is 44.7 Å². The van der Waals surface area contributed by atoms with Crippen LogP contribution in [0.25, 0.3) is 0 Å². The van der Waals surface area contributed by atoms with Gasteiger partial charge in [-0.3, -0.25) is 4.90 Å². The maximum Gasteiger partial charge on any atom is 0.0331 e. The van der Waals surface area contributed by atoms with Gasteiger partial charge in [0.2, 0.25) is 0 Å². The van der Waals surface area contributed by atoms with Crippen LogP contribution in [0.3, 0.4) is 0 Å². The molecule has 0 radical (unpaired) electrons. The van der Waals surface area contributed by atoms with E-state index in [9.17, 15) is 0 Å². The lowest BCUT2D eigenvalue weighted by Crippen LogP contribution is -2.55. The molecule has 1 rings (SSSR count). The van der Waals surface area contributed by atoms with Crippen LogP contribution in [0.5, 0.6) is 0 Å². The van der Waals surface area contributed by atoms with E-state index in [1.807, 2.05) is 0 Å². The Morgan fingerprint density at radius 2 is 2.12 bits per heavy atom. The zero-order valence-corrected chi connectivity index (χ0v) is 12.3. The van der Waals surface area contributed by atoms with Crippen molar-refractivity contribution in [1.29, 1.82) is 0 Å². The van der Waals surface area contributed by atoms with Crippen molar-refractivity contribution in [1.82, 2.24) is 4.90 Å². The lowest BCUT2D eigenvalue weighted by atomic mass is 9.73. The standard InChI is InChI=1S/C15H32N2/c1-5-14-7-6-9-15(11-14,12-16)17(4)10-8-13(2)3/h13-14H,5-12,16H2,1-4H3. The second-order valence-corrected chi connectivity index (χ2v) is 6.40. The van der Waals surface area contributed by atoms with Gasteiger partial charge in [-0.2, -0.15) is 0 Å². The summed E-state index contributed by atoms with van der Waals surface area (Å²) in [6.45, 7) is 8.96. The number of rotatable bonds is 6. The number of hydrogen-bond acceptors (Lipinski definition) is 2. The first-order valence-corrected chi connectivity index (χ1v) is 7.45. The number of nitrogens with two attached hydrogens (primary N) is 1. The van der Waals surface area contributed by atoms with Crippen LogP contribution in [0, 0.1) is 11.8 Å². The third-order valence-corrected chi connectivity index (χ3v) is 4.73.